The minimum atomic E-state index is 0.0206. The van der Waals surface area contributed by atoms with E-state index in [4.69, 9.17) is 4.74 Å². The molecule has 0 amide bonds. The molecule has 94 valence electrons. The van der Waals surface area contributed by atoms with Crippen molar-refractivity contribution in [2.75, 3.05) is 46.3 Å². The summed E-state index contributed by atoms with van der Waals surface area (Å²) in [6, 6.07) is 0. The molecule has 2 heterocycles. The third kappa shape index (κ3) is 3.42. The van der Waals surface area contributed by atoms with Crippen molar-refractivity contribution in [1.82, 2.24) is 15.1 Å². The SMILES string of the molecule is CN1CCN(CCC2NCC(C)(C)O2)CC1. The Bertz CT molecular complexity index is 224. The molecule has 0 radical (unpaired) electrons. The zero-order chi connectivity index (χ0) is 11.6. The maximum Gasteiger partial charge on any atom is 0.110 e. The van der Waals surface area contributed by atoms with Crippen LogP contribution in [-0.4, -0.2) is 67.9 Å². The van der Waals surface area contributed by atoms with E-state index in [1.807, 2.05) is 0 Å². The first-order chi connectivity index (χ1) is 7.55. The van der Waals surface area contributed by atoms with E-state index in [1.54, 1.807) is 0 Å². The standard InChI is InChI=1S/C12H25N3O/c1-12(2)10-13-11(16-12)4-5-15-8-6-14(3)7-9-15/h11,13H,4-10H2,1-3H3. The predicted molar refractivity (Wildman–Crippen MR) is 65.5 cm³/mol. The fourth-order valence-electron chi connectivity index (χ4n) is 2.36. The molecule has 2 aliphatic rings. The van der Waals surface area contributed by atoms with E-state index in [-0.39, 0.29) is 11.8 Å². The molecule has 4 nitrogen and oxygen atoms in total. The summed E-state index contributed by atoms with van der Waals surface area (Å²) in [5.41, 5.74) is 0.0206. The number of likely N-dealkylation sites (N-methyl/N-ethyl adjacent to an activating group) is 1. The smallest absolute Gasteiger partial charge is 0.110 e. The minimum Gasteiger partial charge on any atom is -0.356 e. The summed E-state index contributed by atoms with van der Waals surface area (Å²) in [6.45, 7) is 11.2. The van der Waals surface area contributed by atoms with E-state index < -0.39 is 0 Å². The molecule has 1 N–H and O–H groups in total. The van der Waals surface area contributed by atoms with Crippen LogP contribution in [0.3, 0.4) is 0 Å². The van der Waals surface area contributed by atoms with Crippen LogP contribution in [0.15, 0.2) is 0 Å². The Morgan fingerprint density at radius 2 is 1.94 bits per heavy atom. The topological polar surface area (TPSA) is 27.7 Å². The van der Waals surface area contributed by atoms with Gasteiger partial charge in [0.05, 0.1) is 5.60 Å². The van der Waals surface area contributed by atoms with Crippen molar-refractivity contribution in [3.8, 4) is 0 Å². The van der Waals surface area contributed by atoms with Crippen LogP contribution in [0.25, 0.3) is 0 Å². The lowest BCUT2D eigenvalue weighted by Crippen LogP contribution is -2.45. The van der Waals surface area contributed by atoms with Crippen LogP contribution in [-0.2, 0) is 4.74 Å². The molecule has 0 spiro atoms. The molecule has 1 unspecified atom stereocenters. The van der Waals surface area contributed by atoms with Crippen molar-refractivity contribution in [1.29, 1.82) is 0 Å². The number of piperazine rings is 1. The zero-order valence-electron chi connectivity index (χ0n) is 10.8. The third-order valence-electron chi connectivity index (χ3n) is 3.52. The molecule has 2 fully saturated rings. The highest BCUT2D eigenvalue weighted by Gasteiger charge is 2.31. The summed E-state index contributed by atoms with van der Waals surface area (Å²) in [4.78, 5) is 4.93. The van der Waals surface area contributed by atoms with E-state index >= 15 is 0 Å². The molecule has 0 aromatic heterocycles. The fraction of sp³-hybridized carbons (Fsp3) is 1.00. The van der Waals surface area contributed by atoms with Crippen molar-refractivity contribution in [2.24, 2.45) is 0 Å². The van der Waals surface area contributed by atoms with E-state index in [1.165, 1.54) is 26.2 Å². The molecule has 0 saturated carbocycles. The molecular weight excluding hydrogens is 202 g/mol. The van der Waals surface area contributed by atoms with Crippen molar-refractivity contribution in [3.63, 3.8) is 0 Å². The molecule has 0 bridgehead atoms. The second-order valence-corrected chi connectivity index (χ2v) is 5.68. The molecule has 16 heavy (non-hydrogen) atoms. The quantitative estimate of drug-likeness (QED) is 0.753. The second-order valence-electron chi connectivity index (χ2n) is 5.68. The summed E-state index contributed by atoms with van der Waals surface area (Å²) in [5.74, 6) is 0. The molecule has 0 aromatic rings. The van der Waals surface area contributed by atoms with Gasteiger partial charge < -0.3 is 14.5 Å². The lowest BCUT2D eigenvalue weighted by molar-refractivity contribution is -0.0226. The van der Waals surface area contributed by atoms with Gasteiger partial charge in [0.1, 0.15) is 6.23 Å². The Hall–Kier alpha value is -0.160. The maximum absolute atomic E-state index is 5.91. The highest BCUT2D eigenvalue weighted by molar-refractivity contribution is 4.82. The lowest BCUT2D eigenvalue weighted by Gasteiger charge is -2.32. The number of nitrogens with one attached hydrogen (secondary N) is 1. The lowest BCUT2D eigenvalue weighted by atomic mass is 10.1. The van der Waals surface area contributed by atoms with E-state index in [0.717, 1.165) is 19.5 Å². The van der Waals surface area contributed by atoms with Crippen LogP contribution in [0.1, 0.15) is 20.3 Å². The molecule has 0 aromatic carbocycles. The Morgan fingerprint density at radius 1 is 1.25 bits per heavy atom. The number of ether oxygens (including phenoxy) is 1. The average Bonchev–Trinajstić information content (AvgIpc) is 2.58. The summed E-state index contributed by atoms with van der Waals surface area (Å²) in [7, 11) is 2.20. The third-order valence-corrected chi connectivity index (χ3v) is 3.52. The second kappa shape index (κ2) is 5.00. The summed E-state index contributed by atoms with van der Waals surface area (Å²) < 4.78 is 5.91. The number of hydrogen-bond donors (Lipinski definition) is 1. The summed E-state index contributed by atoms with van der Waals surface area (Å²) in [5, 5.41) is 3.44. The molecule has 2 rings (SSSR count). The fourth-order valence-corrected chi connectivity index (χ4v) is 2.36. The van der Waals surface area contributed by atoms with E-state index in [9.17, 15) is 0 Å². The highest BCUT2D eigenvalue weighted by atomic mass is 16.5. The average molecular weight is 227 g/mol. The first kappa shape index (κ1) is 12.3. The maximum atomic E-state index is 5.91. The molecule has 1 atom stereocenters. The van der Waals surface area contributed by atoms with Gasteiger partial charge in [0, 0.05) is 39.3 Å². The zero-order valence-corrected chi connectivity index (χ0v) is 10.8. The van der Waals surface area contributed by atoms with Crippen molar-refractivity contribution < 1.29 is 4.74 Å². The Morgan fingerprint density at radius 3 is 2.50 bits per heavy atom. The van der Waals surface area contributed by atoms with Gasteiger partial charge in [0.25, 0.3) is 0 Å². The molecule has 2 saturated heterocycles. The van der Waals surface area contributed by atoms with Crippen LogP contribution in [0.4, 0.5) is 0 Å². The number of nitrogens with zero attached hydrogens (tertiary/aromatic N) is 2. The first-order valence-electron chi connectivity index (χ1n) is 6.37. The Kier molecular flexibility index (Phi) is 3.85. The van der Waals surface area contributed by atoms with Crippen LogP contribution in [0.5, 0.6) is 0 Å². The molecule has 4 heteroatoms. The van der Waals surface area contributed by atoms with Crippen molar-refractivity contribution >= 4 is 0 Å². The summed E-state index contributed by atoms with van der Waals surface area (Å²) >= 11 is 0. The van der Waals surface area contributed by atoms with Gasteiger partial charge in [-0.1, -0.05) is 0 Å². The molecular formula is C12H25N3O. The predicted octanol–water partition coefficient (Wildman–Crippen LogP) is 0.348. The largest absolute Gasteiger partial charge is 0.356 e. The van der Waals surface area contributed by atoms with E-state index in [0.29, 0.717) is 0 Å². The van der Waals surface area contributed by atoms with Crippen LogP contribution in [0.2, 0.25) is 0 Å². The van der Waals surface area contributed by atoms with E-state index in [2.05, 4.69) is 36.0 Å². The molecule has 2 aliphatic heterocycles. The van der Waals surface area contributed by atoms with Crippen LogP contribution >= 0.6 is 0 Å². The van der Waals surface area contributed by atoms with Gasteiger partial charge >= 0.3 is 0 Å². The van der Waals surface area contributed by atoms with Gasteiger partial charge in [0.2, 0.25) is 0 Å². The number of hydrogen-bond acceptors (Lipinski definition) is 4. The Labute approximate surface area is 98.9 Å². The Balaban J connectivity index is 1.65. The van der Waals surface area contributed by atoms with Crippen LogP contribution < -0.4 is 5.32 Å². The molecule has 0 aliphatic carbocycles. The van der Waals surface area contributed by atoms with Gasteiger partial charge in [-0.25, -0.2) is 0 Å². The first-order valence-corrected chi connectivity index (χ1v) is 6.37. The monoisotopic (exact) mass is 227 g/mol. The highest BCUT2D eigenvalue weighted by Crippen LogP contribution is 2.18. The minimum absolute atomic E-state index is 0.0206. The summed E-state index contributed by atoms with van der Waals surface area (Å²) in [6.07, 6.45) is 1.36. The van der Waals surface area contributed by atoms with Crippen LogP contribution in [0, 0.1) is 0 Å². The normalized spacial score (nSPS) is 32.1. The van der Waals surface area contributed by atoms with Gasteiger partial charge in [-0.15, -0.1) is 0 Å². The van der Waals surface area contributed by atoms with Crippen molar-refractivity contribution in [3.05, 3.63) is 0 Å². The number of rotatable bonds is 3. The van der Waals surface area contributed by atoms with Gasteiger partial charge in [-0.2, -0.15) is 0 Å². The van der Waals surface area contributed by atoms with Gasteiger partial charge in [-0.05, 0) is 27.3 Å². The van der Waals surface area contributed by atoms with Crippen molar-refractivity contribution in [2.45, 2.75) is 32.1 Å². The van der Waals surface area contributed by atoms with Gasteiger partial charge in [0.15, 0.2) is 0 Å². The van der Waals surface area contributed by atoms with Gasteiger partial charge in [-0.3, -0.25) is 5.32 Å².